The first-order chi connectivity index (χ1) is 8.74. The monoisotopic (exact) mass is 279 g/mol. The summed E-state index contributed by atoms with van der Waals surface area (Å²) in [5, 5.41) is 3.59. The van der Waals surface area contributed by atoms with Gasteiger partial charge in [0.25, 0.3) is 0 Å². The van der Waals surface area contributed by atoms with Crippen molar-refractivity contribution in [3.05, 3.63) is 29.8 Å². The summed E-state index contributed by atoms with van der Waals surface area (Å²) in [5.41, 5.74) is 1.91. The third-order valence-electron chi connectivity index (χ3n) is 3.58. The standard InChI is InChI=1S/C17H29NS/c1-7-17(5,6)18-12-13-19-15-10-8-14(9-11-15)16(2,3)4/h8-11,18H,7,12-13H2,1-6H3. The Morgan fingerprint density at radius 2 is 1.58 bits per heavy atom. The molecule has 108 valence electrons. The van der Waals surface area contributed by atoms with Gasteiger partial charge >= 0.3 is 0 Å². The molecule has 0 aliphatic heterocycles. The summed E-state index contributed by atoms with van der Waals surface area (Å²) in [6.45, 7) is 14.6. The Kier molecular flexibility index (Phi) is 5.94. The van der Waals surface area contributed by atoms with Crippen molar-refractivity contribution in [2.24, 2.45) is 0 Å². The number of thioether (sulfide) groups is 1. The lowest BCUT2D eigenvalue weighted by Gasteiger charge is -2.24. The highest BCUT2D eigenvalue weighted by molar-refractivity contribution is 7.99. The van der Waals surface area contributed by atoms with Crippen LogP contribution in [-0.4, -0.2) is 17.8 Å². The van der Waals surface area contributed by atoms with Gasteiger partial charge in [0.1, 0.15) is 0 Å². The fourth-order valence-corrected chi connectivity index (χ4v) is 2.50. The highest BCUT2D eigenvalue weighted by atomic mass is 32.2. The van der Waals surface area contributed by atoms with Crippen LogP contribution in [0.2, 0.25) is 0 Å². The van der Waals surface area contributed by atoms with Crippen LogP contribution in [0.3, 0.4) is 0 Å². The van der Waals surface area contributed by atoms with Gasteiger partial charge in [-0.2, -0.15) is 0 Å². The summed E-state index contributed by atoms with van der Waals surface area (Å²) in [4.78, 5) is 1.36. The van der Waals surface area contributed by atoms with E-state index in [9.17, 15) is 0 Å². The Hall–Kier alpha value is -0.470. The third kappa shape index (κ3) is 6.01. The Morgan fingerprint density at radius 1 is 1.00 bits per heavy atom. The normalized spacial score (nSPS) is 12.7. The molecule has 1 aromatic rings. The van der Waals surface area contributed by atoms with E-state index < -0.39 is 0 Å². The molecule has 19 heavy (non-hydrogen) atoms. The molecule has 2 heteroatoms. The summed E-state index contributed by atoms with van der Waals surface area (Å²) in [5.74, 6) is 1.12. The molecular formula is C17H29NS. The fourth-order valence-electron chi connectivity index (χ4n) is 1.73. The van der Waals surface area contributed by atoms with Crippen LogP contribution in [0.4, 0.5) is 0 Å². The zero-order valence-electron chi connectivity index (χ0n) is 13.3. The highest BCUT2D eigenvalue weighted by Crippen LogP contribution is 2.25. The molecule has 1 N–H and O–H groups in total. The van der Waals surface area contributed by atoms with E-state index in [-0.39, 0.29) is 11.0 Å². The van der Waals surface area contributed by atoms with Crippen molar-refractivity contribution in [3.8, 4) is 0 Å². The van der Waals surface area contributed by atoms with Crippen LogP contribution in [-0.2, 0) is 5.41 Å². The summed E-state index contributed by atoms with van der Waals surface area (Å²) < 4.78 is 0. The molecule has 1 aromatic carbocycles. The lowest BCUT2D eigenvalue weighted by atomic mass is 9.87. The predicted octanol–water partition coefficient (Wildman–Crippen LogP) is 4.85. The van der Waals surface area contributed by atoms with Crippen LogP contribution >= 0.6 is 11.8 Å². The Balaban J connectivity index is 2.39. The lowest BCUT2D eigenvalue weighted by Crippen LogP contribution is -2.39. The smallest absolute Gasteiger partial charge is 0.0122 e. The summed E-state index contributed by atoms with van der Waals surface area (Å²) >= 11 is 1.93. The second-order valence-electron chi connectivity index (χ2n) is 6.79. The van der Waals surface area contributed by atoms with Gasteiger partial charge in [-0.05, 0) is 43.4 Å². The molecule has 0 fully saturated rings. The molecule has 0 spiro atoms. The third-order valence-corrected chi connectivity index (χ3v) is 4.59. The molecule has 0 aliphatic rings. The van der Waals surface area contributed by atoms with Crippen molar-refractivity contribution < 1.29 is 0 Å². The summed E-state index contributed by atoms with van der Waals surface area (Å²) in [6.07, 6.45) is 1.16. The Morgan fingerprint density at radius 3 is 2.05 bits per heavy atom. The fraction of sp³-hybridized carbons (Fsp3) is 0.647. The van der Waals surface area contributed by atoms with Crippen LogP contribution in [0, 0.1) is 0 Å². The minimum Gasteiger partial charge on any atom is -0.311 e. The molecule has 0 bridgehead atoms. The quantitative estimate of drug-likeness (QED) is 0.590. The van der Waals surface area contributed by atoms with E-state index in [0.717, 1.165) is 18.7 Å². The van der Waals surface area contributed by atoms with Gasteiger partial charge in [-0.25, -0.2) is 0 Å². The molecule has 0 heterocycles. The van der Waals surface area contributed by atoms with Crippen molar-refractivity contribution in [3.63, 3.8) is 0 Å². The second kappa shape index (κ2) is 6.81. The maximum Gasteiger partial charge on any atom is 0.0122 e. The first-order valence-electron chi connectivity index (χ1n) is 7.23. The maximum atomic E-state index is 3.59. The average molecular weight is 279 g/mol. The molecule has 1 nitrogen and oxygen atoms in total. The minimum absolute atomic E-state index is 0.246. The molecule has 0 amide bonds. The summed E-state index contributed by atoms with van der Waals surface area (Å²) in [7, 11) is 0. The Bertz CT molecular complexity index is 373. The van der Waals surface area contributed by atoms with Gasteiger partial charge in [-0.1, -0.05) is 39.8 Å². The van der Waals surface area contributed by atoms with E-state index in [4.69, 9.17) is 0 Å². The maximum absolute atomic E-state index is 3.59. The average Bonchev–Trinajstić information content (AvgIpc) is 2.34. The topological polar surface area (TPSA) is 12.0 Å². The van der Waals surface area contributed by atoms with Gasteiger partial charge in [-0.15, -0.1) is 11.8 Å². The summed E-state index contributed by atoms with van der Waals surface area (Å²) in [6, 6.07) is 9.00. The molecule has 0 aromatic heterocycles. The lowest BCUT2D eigenvalue weighted by molar-refractivity contribution is 0.388. The van der Waals surface area contributed by atoms with Gasteiger partial charge in [0.15, 0.2) is 0 Å². The van der Waals surface area contributed by atoms with Gasteiger partial charge in [0.2, 0.25) is 0 Å². The molecule has 0 atom stereocenters. The van der Waals surface area contributed by atoms with Crippen molar-refractivity contribution in [2.75, 3.05) is 12.3 Å². The van der Waals surface area contributed by atoms with E-state index in [1.165, 1.54) is 10.5 Å². The van der Waals surface area contributed by atoms with Crippen LogP contribution in [0.15, 0.2) is 29.2 Å². The first-order valence-corrected chi connectivity index (χ1v) is 8.21. The van der Waals surface area contributed by atoms with E-state index in [0.29, 0.717) is 0 Å². The number of benzene rings is 1. The Labute approximate surface area is 123 Å². The molecule has 0 unspecified atom stereocenters. The molecular weight excluding hydrogens is 250 g/mol. The molecule has 0 saturated carbocycles. The van der Waals surface area contributed by atoms with E-state index in [2.05, 4.69) is 71.1 Å². The number of nitrogens with one attached hydrogen (secondary N) is 1. The zero-order valence-corrected chi connectivity index (χ0v) is 14.2. The van der Waals surface area contributed by atoms with Crippen molar-refractivity contribution in [2.45, 2.75) is 63.8 Å². The SMILES string of the molecule is CCC(C)(C)NCCSc1ccc(C(C)(C)C)cc1. The molecule has 0 aliphatic carbocycles. The van der Waals surface area contributed by atoms with Crippen molar-refractivity contribution >= 4 is 11.8 Å². The van der Waals surface area contributed by atoms with E-state index in [1.807, 2.05) is 11.8 Å². The minimum atomic E-state index is 0.246. The number of hydrogen-bond donors (Lipinski definition) is 1. The van der Waals surface area contributed by atoms with Gasteiger partial charge in [0, 0.05) is 22.7 Å². The van der Waals surface area contributed by atoms with Gasteiger partial charge in [0.05, 0.1) is 0 Å². The van der Waals surface area contributed by atoms with E-state index >= 15 is 0 Å². The predicted molar refractivity (Wildman–Crippen MR) is 88.2 cm³/mol. The number of rotatable bonds is 6. The largest absolute Gasteiger partial charge is 0.311 e. The molecule has 0 radical (unpaired) electrons. The van der Waals surface area contributed by atoms with E-state index in [1.54, 1.807) is 0 Å². The van der Waals surface area contributed by atoms with Crippen LogP contribution in [0.1, 0.15) is 53.5 Å². The van der Waals surface area contributed by atoms with Crippen LogP contribution in [0.5, 0.6) is 0 Å². The van der Waals surface area contributed by atoms with Crippen LogP contribution < -0.4 is 5.32 Å². The van der Waals surface area contributed by atoms with Crippen molar-refractivity contribution in [1.82, 2.24) is 5.32 Å². The van der Waals surface area contributed by atoms with Crippen molar-refractivity contribution in [1.29, 1.82) is 0 Å². The van der Waals surface area contributed by atoms with Gasteiger partial charge < -0.3 is 5.32 Å². The van der Waals surface area contributed by atoms with Crippen LogP contribution in [0.25, 0.3) is 0 Å². The number of hydrogen-bond acceptors (Lipinski definition) is 2. The molecule has 0 saturated heterocycles. The van der Waals surface area contributed by atoms with Gasteiger partial charge in [-0.3, -0.25) is 0 Å². The highest BCUT2D eigenvalue weighted by Gasteiger charge is 2.14. The zero-order chi connectivity index (χ0) is 14.5. The first kappa shape index (κ1) is 16.6. The molecule has 1 rings (SSSR count). The second-order valence-corrected chi connectivity index (χ2v) is 7.96.